The van der Waals surface area contributed by atoms with Crippen LogP contribution in [0.3, 0.4) is 0 Å². The number of halogens is 1. The lowest BCUT2D eigenvalue weighted by Gasteiger charge is -2.14. The number of pyridine rings is 1. The number of anilines is 1. The second kappa shape index (κ2) is 6.73. The van der Waals surface area contributed by atoms with E-state index in [1.54, 1.807) is 24.3 Å². The van der Waals surface area contributed by atoms with E-state index >= 15 is 4.39 Å². The lowest BCUT2D eigenvalue weighted by molar-refractivity contribution is 0.0829. The molecule has 1 amide bonds. The zero-order valence-corrected chi connectivity index (χ0v) is 15.0. The number of nitrogens with two attached hydrogens (primary N) is 2. The number of ether oxygens (including phenoxy) is 1. The summed E-state index contributed by atoms with van der Waals surface area (Å²) in [7, 11) is 1.53. The van der Waals surface area contributed by atoms with Crippen molar-refractivity contribution < 1.29 is 19.0 Å². The second-order valence-corrected chi connectivity index (χ2v) is 6.66. The van der Waals surface area contributed by atoms with Crippen molar-refractivity contribution in [3.63, 3.8) is 0 Å². The number of hydrogen-bond acceptors (Lipinski definition) is 7. The molecule has 0 radical (unpaired) electrons. The number of hydrazone groups is 1. The lowest BCUT2D eigenvalue weighted by Crippen LogP contribution is -2.34. The highest BCUT2D eigenvalue weighted by atomic mass is 19.1. The van der Waals surface area contributed by atoms with Crippen LogP contribution in [0.5, 0.6) is 0 Å². The number of aliphatic hydroxyl groups excluding tert-OH is 1. The Balaban J connectivity index is 1.67. The first-order chi connectivity index (χ1) is 13.4. The van der Waals surface area contributed by atoms with E-state index in [1.165, 1.54) is 18.1 Å². The van der Waals surface area contributed by atoms with Gasteiger partial charge in [-0.3, -0.25) is 9.88 Å². The van der Waals surface area contributed by atoms with Crippen LogP contribution in [0.2, 0.25) is 0 Å². The number of fused-ring (bicyclic) bond motifs is 3. The Hall–Kier alpha value is -3.24. The predicted octanol–water partition coefficient (Wildman–Crippen LogP) is 0.556. The van der Waals surface area contributed by atoms with E-state index in [1.807, 2.05) is 0 Å². The molecule has 1 aromatic heterocycles. The van der Waals surface area contributed by atoms with Gasteiger partial charge in [0.15, 0.2) is 5.84 Å². The van der Waals surface area contributed by atoms with Crippen LogP contribution in [-0.2, 0) is 11.2 Å². The first-order valence-corrected chi connectivity index (χ1v) is 8.62. The monoisotopic (exact) mass is 386 g/mol. The number of carbonyl (C=O) groups is 1. The van der Waals surface area contributed by atoms with Crippen molar-refractivity contribution in [1.82, 2.24) is 10.1 Å². The maximum atomic E-state index is 15.2. The summed E-state index contributed by atoms with van der Waals surface area (Å²) < 4.78 is 20.3. The molecule has 0 aliphatic carbocycles. The third-order valence-corrected chi connectivity index (χ3v) is 4.88. The highest BCUT2D eigenvalue weighted by Gasteiger charge is 2.48. The Morgan fingerprint density at radius 1 is 1.46 bits per heavy atom. The molecule has 146 valence electrons. The fourth-order valence-electron chi connectivity index (χ4n) is 3.61. The van der Waals surface area contributed by atoms with Gasteiger partial charge in [-0.15, -0.1) is 5.10 Å². The van der Waals surface area contributed by atoms with Gasteiger partial charge in [0.05, 0.1) is 18.3 Å². The molecule has 4 rings (SSSR count). The number of hydrogen-bond donors (Lipinski definition) is 3. The van der Waals surface area contributed by atoms with E-state index in [-0.39, 0.29) is 18.9 Å². The lowest BCUT2D eigenvalue weighted by atomic mass is 9.99. The van der Waals surface area contributed by atoms with Crippen LogP contribution in [-0.4, -0.2) is 52.9 Å². The molecule has 0 bridgehead atoms. The minimum atomic E-state index is -0.661. The van der Waals surface area contributed by atoms with E-state index < -0.39 is 24.1 Å². The molecule has 2 atom stereocenters. The molecule has 2 aromatic rings. The first-order valence-electron chi connectivity index (χ1n) is 8.62. The van der Waals surface area contributed by atoms with E-state index in [9.17, 15) is 9.90 Å². The zero-order chi connectivity index (χ0) is 20.0. The molecule has 10 heteroatoms. The molecule has 1 aromatic carbocycles. The quantitative estimate of drug-likeness (QED) is 0.303. The van der Waals surface area contributed by atoms with E-state index in [0.717, 1.165) is 5.12 Å². The van der Waals surface area contributed by atoms with Gasteiger partial charge in [0.25, 0.3) is 0 Å². The smallest absolute Gasteiger partial charge is 0.415 e. The number of rotatable bonds is 4. The number of nitrogens with zero attached hydrogens (tertiary/aromatic N) is 4. The third kappa shape index (κ3) is 2.83. The maximum Gasteiger partial charge on any atom is 0.415 e. The molecule has 28 heavy (non-hydrogen) atoms. The average molecular weight is 386 g/mol. The Kier molecular flexibility index (Phi) is 4.36. The topological polar surface area (TPSA) is 130 Å². The van der Waals surface area contributed by atoms with E-state index in [2.05, 4.69) is 10.1 Å². The van der Waals surface area contributed by atoms with Gasteiger partial charge in [-0.1, -0.05) is 6.07 Å². The summed E-state index contributed by atoms with van der Waals surface area (Å²) in [4.78, 5) is 17.7. The Morgan fingerprint density at radius 2 is 2.25 bits per heavy atom. The summed E-state index contributed by atoms with van der Waals surface area (Å²) in [5.74, 6) is 5.14. The van der Waals surface area contributed by atoms with Crippen LogP contribution in [0.15, 0.2) is 35.6 Å². The fraction of sp³-hybridized carbons (Fsp3) is 0.278. The summed E-state index contributed by atoms with van der Waals surface area (Å²) >= 11 is 0. The number of amides is 1. The first kappa shape index (κ1) is 18.1. The van der Waals surface area contributed by atoms with Crippen LogP contribution in [0.4, 0.5) is 14.9 Å². The number of benzene rings is 1. The van der Waals surface area contributed by atoms with Crippen molar-refractivity contribution in [2.24, 2.45) is 16.7 Å². The highest BCUT2D eigenvalue weighted by Crippen LogP contribution is 2.42. The fourth-order valence-corrected chi connectivity index (χ4v) is 3.61. The Bertz CT molecular complexity index is 963. The molecule has 9 nitrogen and oxygen atoms in total. The summed E-state index contributed by atoms with van der Waals surface area (Å²) in [5.41, 5.74) is 8.03. The Morgan fingerprint density at radius 3 is 2.89 bits per heavy atom. The highest BCUT2D eigenvalue weighted by molar-refractivity contribution is 5.96. The second-order valence-electron chi connectivity index (χ2n) is 6.66. The average Bonchev–Trinajstić information content (AvgIpc) is 3.20. The van der Waals surface area contributed by atoms with Crippen molar-refractivity contribution in [2.45, 2.75) is 18.6 Å². The van der Waals surface area contributed by atoms with Crippen LogP contribution in [0.1, 0.15) is 11.3 Å². The minimum Gasteiger partial charge on any atom is -0.441 e. The van der Waals surface area contributed by atoms with Crippen molar-refractivity contribution in [3.05, 3.63) is 47.5 Å². The third-order valence-electron chi connectivity index (χ3n) is 4.88. The number of cyclic esters (lactones) is 1. The summed E-state index contributed by atoms with van der Waals surface area (Å²) in [6, 6.07) is 6.19. The van der Waals surface area contributed by atoms with Crippen LogP contribution in [0, 0.1) is 5.82 Å². The number of carbonyl (C=O) groups excluding carboxylic acids is 1. The largest absolute Gasteiger partial charge is 0.441 e. The molecule has 1 fully saturated rings. The number of amidine groups is 1. The molecule has 0 saturated carbocycles. The molecule has 2 aliphatic heterocycles. The van der Waals surface area contributed by atoms with Crippen molar-refractivity contribution in [3.8, 4) is 11.1 Å². The van der Waals surface area contributed by atoms with Gasteiger partial charge in [-0.25, -0.2) is 20.1 Å². The van der Waals surface area contributed by atoms with Gasteiger partial charge in [-0.05, 0) is 18.2 Å². The molecular formula is C18H19FN6O3. The molecule has 0 spiro atoms. The van der Waals surface area contributed by atoms with E-state index in [0.29, 0.717) is 28.1 Å². The normalized spacial score (nSPS) is 20.8. The Labute approximate surface area is 160 Å². The molecule has 2 aliphatic rings. The summed E-state index contributed by atoms with van der Waals surface area (Å²) in [5, 5.41) is 14.3. The molecule has 0 unspecified atom stereocenters. The van der Waals surface area contributed by atoms with Crippen molar-refractivity contribution >= 4 is 17.6 Å². The zero-order valence-electron chi connectivity index (χ0n) is 15.0. The van der Waals surface area contributed by atoms with Gasteiger partial charge in [-0.2, -0.15) is 0 Å². The van der Waals surface area contributed by atoms with Gasteiger partial charge >= 0.3 is 6.09 Å². The van der Waals surface area contributed by atoms with Crippen LogP contribution < -0.4 is 16.5 Å². The summed E-state index contributed by atoms with van der Waals surface area (Å²) in [6.07, 6.45) is 0.548. The summed E-state index contributed by atoms with van der Waals surface area (Å²) in [6.45, 7) is -0.304. The number of hydrazine groups is 1. The van der Waals surface area contributed by atoms with Crippen LogP contribution in [0.25, 0.3) is 11.1 Å². The van der Waals surface area contributed by atoms with E-state index in [4.69, 9.17) is 16.3 Å². The van der Waals surface area contributed by atoms with Gasteiger partial charge in [0.1, 0.15) is 17.6 Å². The minimum absolute atomic E-state index is 0.139. The number of aromatic nitrogens is 1. The molecular weight excluding hydrogens is 367 g/mol. The molecule has 5 N–H and O–H groups in total. The van der Waals surface area contributed by atoms with Crippen molar-refractivity contribution in [1.29, 1.82) is 0 Å². The molecule has 3 heterocycles. The number of aliphatic hydroxyl groups is 1. The maximum absolute atomic E-state index is 15.2. The SMILES string of the molecule is CN(N)/N=C(\N)c1ccc(-c2ccc3c(c2F)C[C@H]2[C@H](CO)OC(=O)N32)cn1. The van der Waals surface area contributed by atoms with Crippen LogP contribution >= 0.6 is 0 Å². The predicted molar refractivity (Wildman–Crippen MR) is 99.6 cm³/mol. The van der Waals surface area contributed by atoms with Gasteiger partial charge < -0.3 is 15.6 Å². The molecule has 1 saturated heterocycles. The van der Waals surface area contributed by atoms with Gasteiger partial charge in [0, 0.05) is 36.4 Å². The standard InChI is InChI=1S/C18H19FN6O3/c1-24(21)23-17(20)12-4-2-9(7-22-12)10-3-5-13-11(16(10)19)6-14-15(8-26)28-18(27)25(13)14/h2-5,7,14-15,26H,6,8,21H2,1H3,(H2,20,23)/t14-,15-/m0/s1. The van der Waals surface area contributed by atoms with Gasteiger partial charge in [0.2, 0.25) is 0 Å². The van der Waals surface area contributed by atoms with Crippen molar-refractivity contribution in [2.75, 3.05) is 18.6 Å².